The molecule has 1 unspecified atom stereocenters. The Morgan fingerprint density at radius 3 is 3.07 bits per heavy atom. The number of halogens is 1. The molecule has 4 nitrogen and oxygen atoms in total. The maximum atomic E-state index is 6.52. The van der Waals surface area contributed by atoms with Gasteiger partial charge in [-0.1, -0.05) is 41.8 Å². The summed E-state index contributed by atoms with van der Waals surface area (Å²) in [4.78, 5) is 11.8. The smallest absolute Gasteiger partial charge is 0.164 e. The zero-order valence-corrected chi connectivity index (χ0v) is 17.2. The van der Waals surface area contributed by atoms with E-state index < -0.39 is 0 Å². The lowest BCUT2D eigenvalue weighted by Crippen LogP contribution is -2.35. The number of methoxy groups -OCH3 is 1. The van der Waals surface area contributed by atoms with Gasteiger partial charge >= 0.3 is 0 Å². The first-order valence-electron chi connectivity index (χ1n) is 9.61. The average molecular weight is 396 g/mol. The molecule has 1 aromatic rings. The lowest BCUT2D eigenvalue weighted by atomic mass is 10.0. The second-order valence-corrected chi connectivity index (χ2v) is 7.43. The maximum Gasteiger partial charge on any atom is 0.164 e. The van der Waals surface area contributed by atoms with Crippen LogP contribution in [-0.4, -0.2) is 35.1 Å². The van der Waals surface area contributed by atoms with E-state index >= 15 is 0 Å². The van der Waals surface area contributed by atoms with Gasteiger partial charge in [0.15, 0.2) is 5.82 Å². The molecule has 1 atom stereocenters. The summed E-state index contributed by atoms with van der Waals surface area (Å²) >= 11 is 6.52. The number of ether oxygens (including phenoxy) is 1. The highest BCUT2D eigenvalue weighted by molar-refractivity contribution is 6.30. The van der Waals surface area contributed by atoms with Crippen LogP contribution in [0.2, 0.25) is 5.15 Å². The summed E-state index contributed by atoms with van der Waals surface area (Å²) < 4.78 is 5.39. The highest BCUT2D eigenvalue weighted by atomic mass is 35.5. The van der Waals surface area contributed by atoms with Crippen molar-refractivity contribution < 1.29 is 4.74 Å². The second-order valence-electron chi connectivity index (χ2n) is 7.07. The normalized spacial score (nSPS) is 20.4. The molecule has 0 saturated carbocycles. The van der Waals surface area contributed by atoms with Crippen molar-refractivity contribution in [3.63, 3.8) is 0 Å². The lowest BCUT2D eigenvalue weighted by molar-refractivity contribution is 0.222. The molecule has 0 amide bonds. The molecule has 0 bridgehead atoms. The first-order chi connectivity index (χ1) is 13.6. The third kappa shape index (κ3) is 4.92. The Labute approximate surface area is 172 Å². The van der Waals surface area contributed by atoms with Crippen LogP contribution < -0.4 is 0 Å². The molecule has 0 saturated heterocycles. The first-order valence-corrected chi connectivity index (χ1v) is 9.99. The second kappa shape index (κ2) is 9.73. The molecular weight excluding hydrogens is 370 g/mol. The molecule has 0 fully saturated rings. The van der Waals surface area contributed by atoms with E-state index in [9.17, 15) is 0 Å². The van der Waals surface area contributed by atoms with E-state index in [1.54, 1.807) is 19.3 Å². The first kappa shape index (κ1) is 20.4. The fourth-order valence-electron chi connectivity index (χ4n) is 3.59. The molecule has 0 spiro atoms. The van der Waals surface area contributed by atoms with Crippen molar-refractivity contribution in [2.45, 2.75) is 32.7 Å². The number of fused-ring (bicyclic) bond motifs is 1. The van der Waals surface area contributed by atoms with Crippen LogP contribution >= 0.6 is 11.6 Å². The highest BCUT2D eigenvalue weighted by Crippen LogP contribution is 2.28. The molecule has 2 aliphatic rings. The van der Waals surface area contributed by atoms with Crippen LogP contribution in [0, 0.1) is 18.3 Å². The molecule has 1 aromatic heterocycles. The summed E-state index contributed by atoms with van der Waals surface area (Å²) in [6, 6.07) is 0. The van der Waals surface area contributed by atoms with Crippen molar-refractivity contribution in [1.82, 2.24) is 14.9 Å². The molecule has 0 N–H and O–H groups in total. The van der Waals surface area contributed by atoms with E-state index in [4.69, 9.17) is 27.7 Å². The van der Waals surface area contributed by atoms with Gasteiger partial charge < -0.3 is 4.74 Å². The van der Waals surface area contributed by atoms with Crippen molar-refractivity contribution in [2.24, 2.45) is 5.92 Å². The van der Waals surface area contributed by atoms with Gasteiger partial charge in [0, 0.05) is 25.2 Å². The van der Waals surface area contributed by atoms with Gasteiger partial charge in [-0.15, -0.1) is 6.42 Å². The van der Waals surface area contributed by atoms with E-state index in [2.05, 4.69) is 40.1 Å². The van der Waals surface area contributed by atoms with Gasteiger partial charge in [0.05, 0.1) is 18.4 Å². The molecule has 3 rings (SSSR count). The van der Waals surface area contributed by atoms with Gasteiger partial charge in [-0.05, 0) is 44.3 Å². The third-order valence-electron chi connectivity index (χ3n) is 5.19. The summed E-state index contributed by atoms with van der Waals surface area (Å²) in [7, 11) is 1.62. The SMILES string of the molecule is C#C/C=C\C(=C(/C)OC)c1nc(Cl)c2c(n1)CN(CC1C=CC=CCC1)CC2. The summed E-state index contributed by atoms with van der Waals surface area (Å²) in [5.74, 6) is 4.32. The topological polar surface area (TPSA) is 38.3 Å². The Bertz CT molecular complexity index is 877. The Morgan fingerprint density at radius 1 is 1.43 bits per heavy atom. The van der Waals surface area contributed by atoms with Crippen molar-refractivity contribution in [2.75, 3.05) is 20.2 Å². The van der Waals surface area contributed by atoms with Crippen molar-refractivity contribution in [1.29, 1.82) is 0 Å². The molecular formula is C23H26ClN3O. The van der Waals surface area contributed by atoms with E-state index in [1.807, 2.05) is 6.92 Å². The molecule has 1 aliphatic heterocycles. The zero-order chi connectivity index (χ0) is 19.9. The van der Waals surface area contributed by atoms with Gasteiger partial charge in [0.2, 0.25) is 0 Å². The highest BCUT2D eigenvalue weighted by Gasteiger charge is 2.24. The zero-order valence-electron chi connectivity index (χ0n) is 16.5. The van der Waals surface area contributed by atoms with Crippen LogP contribution in [0.4, 0.5) is 0 Å². The molecule has 0 aromatic carbocycles. The Hall–Kier alpha value is -2.35. The fraction of sp³-hybridized carbons (Fsp3) is 0.391. The van der Waals surface area contributed by atoms with Crippen molar-refractivity contribution in [3.05, 3.63) is 64.5 Å². The van der Waals surface area contributed by atoms with Crippen molar-refractivity contribution in [3.8, 4) is 12.3 Å². The number of nitrogens with zero attached hydrogens (tertiary/aromatic N) is 3. The number of allylic oxidation sites excluding steroid dienone is 7. The van der Waals surface area contributed by atoms with Gasteiger partial charge in [0.25, 0.3) is 0 Å². The monoisotopic (exact) mass is 395 g/mol. The van der Waals surface area contributed by atoms with Crippen LogP contribution in [0.3, 0.4) is 0 Å². The van der Waals surface area contributed by atoms with E-state index in [1.165, 1.54) is 6.42 Å². The van der Waals surface area contributed by atoms with E-state index in [0.717, 1.165) is 49.3 Å². The number of aromatic nitrogens is 2. The number of hydrogen-bond donors (Lipinski definition) is 0. The number of terminal acetylenes is 1. The fourth-order valence-corrected chi connectivity index (χ4v) is 3.88. The number of hydrogen-bond acceptors (Lipinski definition) is 4. The van der Waals surface area contributed by atoms with Gasteiger partial charge in [-0.3, -0.25) is 4.90 Å². The lowest BCUT2D eigenvalue weighted by Gasteiger charge is -2.30. The van der Waals surface area contributed by atoms with Crippen molar-refractivity contribution >= 4 is 17.2 Å². The average Bonchev–Trinajstić information content (AvgIpc) is 2.96. The Balaban J connectivity index is 1.85. The summed E-state index contributed by atoms with van der Waals surface area (Å²) in [5.41, 5.74) is 2.79. The van der Waals surface area contributed by atoms with Crippen LogP contribution in [0.25, 0.3) is 5.57 Å². The van der Waals surface area contributed by atoms with E-state index in [0.29, 0.717) is 22.7 Å². The molecule has 2 heterocycles. The maximum absolute atomic E-state index is 6.52. The largest absolute Gasteiger partial charge is 0.501 e. The molecule has 28 heavy (non-hydrogen) atoms. The molecule has 0 radical (unpaired) electrons. The summed E-state index contributed by atoms with van der Waals surface area (Å²) in [6.45, 7) is 4.65. The predicted molar refractivity (Wildman–Crippen MR) is 115 cm³/mol. The minimum absolute atomic E-state index is 0.522. The standard InChI is InChI=1S/C23H26ClN3O/c1-4-5-12-19(17(2)28-3)23-25-21-16-27(14-13-20(21)22(24)26-23)15-18-10-8-6-7-9-11-18/h1,5-8,10,12,18H,9,11,13-16H2,2-3H3/b12-5-,19-17-. The van der Waals surface area contributed by atoms with Crippen LogP contribution in [-0.2, 0) is 17.7 Å². The van der Waals surface area contributed by atoms with Crippen LogP contribution in [0.5, 0.6) is 0 Å². The van der Waals surface area contributed by atoms with Gasteiger partial charge in [-0.25, -0.2) is 9.97 Å². The number of rotatable bonds is 5. The predicted octanol–water partition coefficient (Wildman–Crippen LogP) is 4.58. The van der Waals surface area contributed by atoms with E-state index in [-0.39, 0.29) is 0 Å². The Kier molecular flexibility index (Phi) is 7.08. The minimum Gasteiger partial charge on any atom is -0.501 e. The molecule has 1 aliphatic carbocycles. The minimum atomic E-state index is 0.522. The molecule has 146 valence electrons. The summed E-state index contributed by atoms with van der Waals surface area (Å²) in [5, 5.41) is 0.522. The quantitative estimate of drug-likeness (QED) is 0.316. The van der Waals surface area contributed by atoms with Gasteiger partial charge in [0.1, 0.15) is 10.9 Å². The Morgan fingerprint density at radius 2 is 2.29 bits per heavy atom. The van der Waals surface area contributed by atoms with Crippen LogP contribution in [0.15, 0.2) is 42.2 Å². The third-order valence-corrected chi connectivity index (χ3v) is 5.51. The molecule has 5 heteroatoms. The summed E-state index contributed by atoms with van der Waals surface area (Å²) in [6.07, 6.45) is 20.8. The van der Waals surface area contributed by atoms with Gasteiger partial charge in [-0.2, -0.15) is 0 Å². The van der Waals surface area contributed by atoms with Crippen LogP contribution in [0.1, 0.15) is 36.8 Å².